The van der Waals surface area contributed by atoms with E-state index < -0.39 is 0 Å². The average molecular weight is 312 g/mol. The average Bonchev–Trinajstić information content (AvgIpc) is 2.60. The number of nitrogens with zero attached hydrogens (tertiary/aromatic N) is 4. The van der Waals surface area contributed by atoms with E-state index in [1.54, 1.807) is 17.3 Å². The fraction of sp³-hybridized carbons (Fsp3) is 0.389. The molecule has 0 aliphatic rings. The first-order valence-corrected chi connectivity index (χ1v) is 7.94. The minimum atomic E-state index is -0.0317. The Morgan fingerprint density at radius 2 is 1.74 bits per heavy atom. The third-order valence-electron chi connectivity index (χ3n) is 3.68. The zero-order valence-electron chi connectivity index (χ0n) is 14.1. The second-order valence-corrected chi connectivity index (χ2v) is 5.69. The molecule has 5 heteroatoms. The molecular weight excluding hydrogens is 288 g/mol. The zero-order valence-corrected chi connectivity index (χ0v) is 14.1. The molecule has 122 valence electrons. The number of hydrogen-bond donors (Lipinski definition) is 0. The Morgan fingerprint density at radius 1 is 1.09 bits per heavy atom. The highest BCUT2D eigenvalue weighted by Gasteiger charge is 2.13. The molecule has 1 aromatic carbocycles. The second-order valence-electron chi connectivity index (χ2n) is 5.69. The first kappa shape index (κ1) is 16.9. The minimum absolute atomic E-state index is 0.0317. The van der Waals surface area contributed by atoms with Crippen LogP contribution in [-0.2, 0) is 6.54 Å². The van der Waals surface area contributed by atoms with Crippen molar-refractivity contribution < 1.29 is 4.79 Å². The van der Waals surface area contributed by atoms with Gasteiger partial charge in [-0.05, 0) is 12.0 Å². The first-order valence-electron chi connectivity index (χ1n) is 7.94. The van der Waals surface area contributed by atoms with Crippen molar-refractivity contribution in [2.75, 3.05) is 25.5 Å². The van der Waals surface area contributed by atoms with Crippen LogP contribution in [0.4, 0.5) is 5.95 Å². The lowest BCUT2D eigenvalue weighted by Crippen LogP contribution is -2.28. The maximum absolute atomic E-state index is 12.3. The Labute approximate surface area is 138 Å². The summed E-state index contributed by atoms with van der Waals surface area (Å²) < 4.78 is 0. The van der Waals surface area contributed by atoms with Crippen LogP contribution in [0.5, 0.6) is 0 Å². The van der Waals surface area contributed by atoms with Gasteiger partial charge in [-0.2, -0.15) is 0 Å². The molecule has 0 N–H and O–H groups in total. The van der Waals surface area contributed by atoms with E-state index in [2.05, 4.69) is 29.0 Å². The van der Waals surface area contributed by atoms with E-state index in [0.29, 0.717) is 11.5 Å². The van der Waals surface area contributed by atoms with Crippen LogP contribution in [0.25, 0.3) is 0 Å². The van der Waals surface area contributed by atoms with E-state index >= 15 is 0 Å². The van der Waals surface area contributed by atoms with Gasteiger partial charge in [0.1, 0.15) is 0 Å². The van der Waals surface area contributed by atoms with Gasteiger partial charge in [0.2, 0.25) is 5.95 Å². The van der Waals surface area contributed by atoms with Crippen molar-refractivity contribution in [3.8, 4) is 0 Å². The van der Waals surface area contributed by atoms with Crippen molar-refractivity contribution >= 4 is 11.9 Å². The number of hydrogen-bond acceptors (Lipinski definition) is 4. The maximum Gasteiger partial charge on any atom is 0.256 e. The first-order chi connectivity index (χ1) is 11.1. The number of unbranched alkanes of at least 4 members (excludes halogenated alkanes) is 1. The van der Waals surface area contributed by atoms with Gasteiger partial charge in [-0.25, -0.2) is 9.97 Å². The van der Waals surface area contributed by atoms with Gasteiger partial charge in [0, 0.05) is 39.6 Å². The van der Waals surface area contributed by atoms with Crippen molar-refractivity contribution in [3.63, 3.8) is 0 Å². The van der Waals surface area contributed by atoms with Crippen molar-refractivity contribution in [1.29, 1.82) is 0 Å². The highest BCUT2D eigenvalue weighted by molar-refractivity contribution is 5.93. The fourth-order valence-corrected chi connectivity index (χ4v) is 2.27. The molecule has 2 rings (SSSR count). The number of anilines is 1. The van der Waals surface area contributed by atoms with Crippen LogP contribution >= 0.6 is 0 Å². The third-order valence-corrected chi connectivity index (χ3v) is 3.68. The largest absolute Gasteiger partial charge is 0.342 e. The van der Waals surface area contributed by atoms with E-state index in [-0.39, 0.29) is 5.91 Å². The van der Waals surface area contributed by atoms with E-state index in [1.807, 2.05) is 37.2 Å². The maximum atomic E-state index is 12.3. The Hall–Kier alpha value is -2.43. The summed E-state index contributed by atoms with van der Waals surface area (Å²) in [7, 11) is 3.75. The van der Waals surface area contributed by atoms with Crippen LogP contribution in [0, 0.1) is 0 Å². The van der Waals surface area contributed by atoms with Gasteiger partial charge in [-0.1, -0.05) is 43.7 Å². The Balaban J connectivity index is 1.99. The number of amides is 1. The van der Waals surface area contributed by atoms with E-state index in [1.165, 1.54) is 5.56 Å². The van der Waals surface area contributed by atoms with Gasteiger partial charge in [0.05, 0.1) is 5.56 Å². The standard InChI is InChI=1S/C18H24N4O/c1-4-5-11-21(2)17(23)16-12-19-18(20-13-16)22(3)14-15-9-7-6-8-10-15/h6-10,12-13H,4-5,11,14H2,1-3H3. The summed E-state index contributed by atoms with van der Waals surface area (Å²) in [6, 6.07) is 10.2. The lowest BCUT2D eigenvalue weighted by molar-refractivity contribution is 0.0792. The van der Waals surface area contributed by atoms with Gasteiger partial charge in [0.15, 0.2) is 0 Å². The number of carbonyl (C=O) groups is 1. The normalized spacial score (nSPS) is 10.4. The minimum Gasteiger partial charge on any atom is -0.342 e. The van der Waals surface area contributed by atoms with E-state index in [9.17, 15) is 4.79 Å². The lowest BCUT2D eigenvalue weighted by Gasteiger charge is -2.18. The molecule has 2 aromatic rings. The van der Waals surface area contributed by atoms with E-state index in [0.717, 1.165) is 25.9 Å². The van der Waals surface area contributed by atoms with Gasteiger partial charge in [0.25, 0.3) is 5.91 Å². The summed E-state index contributed by atoms with van der Waals surface area (Å²) in [6.07, 6.45) is 5.28. The molecule has 0 saturated heterocycles. The summed E-state index contributed by atoms with van der Waals surface area (Å²) in [5.74, 6) is 0.581. The summed E-state index contributed by atoms with van der Waals surface area (Å²) in [5, 5.41) is 0. The van der Waals surface area contributed by atoms with Crippen LogP contribution in [0.3, 0.4) is 0 Å². The molecule has 0 aliphatic heterocycles. The quantitative estimate of drug-likeness (QED) is 0.788. The Bertz CT molecular complexity index is 613. The lowest BCUT2D eigenvalue weighted by atomic mass is 10.2. The van der Waals surface area contributed by atoms with Crippen molar-refractivity contribution in [2.24, 2.45) is 0 Å². The molecule has 0 fully saturated rings. The van der Waals surface area contributed by atoms with Crippen LogP contribution < -0.4 is 4.90 Å². The molecule has 0 spiro atoms. The van der Waals surface area contributed by atoms with Crippen molar-refractivity contribution in [1.82, 2.24) is 14.9 Å². The molecule has 0 saturated carbocycles. The summed E-state index contributed by atoms with van der Waals surface area (Å²) in [4.78, 5) is 24.6. The molecule has 5 nitrogen and oxygen atoms in total. The highest BCUT2D eigenvalue weighted by atomic mass is 16.2. The van der Waals surface area contributed by atoms with Crippen LogP contribution in [-0.4, -0.2) is 41.4 Å². The number of aromatic nitrogens is 2. The highest BCUT2D eigenvalue weighted by Crippen LogP contribution is 2.11. The Morgan fingerprint density at radius 3 is 2.35 bits per heavy atom. The van der Waals surface area contributed by atoms with E-state index in [4.69, 9.17) is 0 Å². The second kappa shape index (κ2) is 8.27. The summed E-state index contributed by atoms with van der Waals surface area (Å²) >= 11 is 0. The molecule has 0 bridgehead atoms. The molecule has 1 amide bonds. The smallest absolute Gasteiger partial charge is 0.256 e. The number of rotatable bonds is 7. The van der Waals surface area contributed by atoms with Crippen molar-refractivity contribution in [2.45, 2.75) is 26.3 Å². The fourth-order valence-electron chi connectivity index (χ4n) is 2.27. The van der Waals surface area contributed by atoms with Crippen molar-refractivity contribution in [3.05, 3.63) is 53.9 Å². The predicted molar refractivity (Wildman–Crippen MR) is 92.4 cm³/mol. The van der Waals surface area contributed by atoms with Crippen LogP contribution in [0.1, 0.15) is 35.7 Å². The van der Waals surface area contributed by atoms with Gasteiger partial charge in [-0.3, -0.25) is 4.79 Å². The molecule has 0 atom stereocenters. The summed E-state index contributed by atoms with van der Waals surface area (Å²) in [5.41, 5.74) is 1.72. The number of benzene rings is 1. The Kier molecular flexibility index (Phi) is 6.09. The predicted octanol–water partition coefficient (Wildman–Crippen LogP) is 2.99. The molecule has 0 aliphatic carbocycles. The van der Waals surface area contributed by atoms with Gasteiger partial charge < -0.3 is 9.80 Å². The topological polar surface area (TPSA) is 49.3 Å². The molecule has 1 aromatic heterocycles. The monoisotopic (exact) mass is 312 g/mol. The van der Waals surface area contributed by atoms with Crippen LogP contribution in [0.2, 0.25) is 0 Å². The SMILES string of the molecule is CCCCN(C)C(=O)c1cnc(N(C)Cc2ccccc2)nc1. The molecule has 23 heavy (non-hydrogen) atoms. The molecule has 0 unspecified atom stereocenters. The zero-order chi connectivity index (χ0) is 16.7. The molecule has 0 radical (unpaired) electrons. The molecule has 1 heterocycles. The summed E-state index contributed by atoms with van der Waals surface area (Å²) in [6.45, 7) is 3.59. The third kappa shape index (κ3) is 4.77. The van der Waals surface area contributed by atoms with Gasteiger partial charge >= 0.3 is 0 Å². The van der Waals surface area contributed by atoms with Gasteiger partial charge in [-0.15, -0.1) is 0 Å². The molecular formula is C18H24N4O. The van der Waals surface area contributed by atoms with Crippen LogP contribution in [0.15, 0.2) is 42.7 Å². The number of carbonyl (C=O) groups excluding carboxylic acids is 1.